The van der Waals surface area contributed by atoms with E-state index in [9.17, 15) is 19.8 Å². The molecule has 1 saturated carbocycles. The number of carbonyl (C=O) groups excluding carboxylic acids is 1. The Labute approximate surface area is 123 Å². The fraction of sp³-hybridized carbons (Fsp3) is 0.846. The van der Waals surface area contributed by atoms with Crippen molar-refractivity contribution < 1.29 is 19.8 Å². The van der Waals surface area contributed by atoms with Crippen LogP contribution in [0.1, 0.15) is 32.1 Å². The number of thioether (sulfide) groups is 1. The average molecular weight is 302 g/mol. The number of hydrogen-bond donors (Lipinski definition) is 2. The molecule has 1 heterocycles. The lowest BCUT2D eigenvalue weighted by molar-refractivity contribution is -0.141. The summed E-state index contributed by atoms with van der Waals surface area (Å²) >= 11 is 1.46. The molecule has 2 amide bonds. The van der Waals surface area contributed by atoms with Gasteiger partial charge in [0.25, 0.3) is 0 Å². The van der Waals surface area contributed by atoms with Gasteiger partial charge < -0.3 is 20.0 Å². The second-order valence-corrected chi connectivity index (χ2v) is 6.31. The fourth-order valence-corrected chi connectivity index (χ4v) is 4.07. The maximum atomic E-state index is 12.6. The number of hydrogen-bond acceptors (Lipinski definition) is 4. The molecular formula is C13H22N2O4S. The highest BCUT2D eigenvalue weighted by Crippen LogP contribution is 2.27. The molecule has 6 nitrogen and oxygen atoms in total. The zero-order valence-electron chi connectivity index (χ0n) is 11.5. The molecule has 1 aliphatic heterocycles. The van der Waals surface area contributed by atoms with Crippen molar-refractivity contribution in [2.24, 2.45) is 0 Å². The molecule has 20 heavy (non-hydrogen) atoms. The SMILES string of the molecule is O=C(O)C1CSCN1C(=O)N(CCO)C1CCCCC1. The number of aliphatic carboxylic acids is 1. The number of rotatable bonds is 4. The first kappa shape index (κ1) is 15.4. The molecule has 7 heteroatoms. The van der Waals surface area contributed by atoms with Crippen LogP contribution in [-0.2, 0) is 4.79 Å². The molecule has 0 spiro atoms. The summed E-state index contributed by atoms with van der Waals surface area (Å²) < 4.78 is 0. The lowest BCUT2D eigenvalue weighted by Crippen LogP contribution is -2.53. The molecule has 0 aromatic carbocycles. The highest BCUT2D eigenvalue weighted by molar-refractivity contribution is 7.99. The largest absolute Gasteiger partial charge is 0.480 e. The third-order valence-electron chi connectivity index (χ3n) is 4.02. The number of urea groups is 1. The Hall–Kier alpha value is -0.950. The Morgan fingerprint density at radius 2 is 1.95 bits per heavy atom. The van der Waals surface area contributed by atoms with Gasteiger partial charge in [-0.3, -0.25) is 0 Å². The highest BCUT2D eigenvalue weighted by Gasteiger charge is 2.38. The molecule has 0 radical (unpaired) electrons. The van der Waals surface area contributed by atoms with Crippen molar-refractivity contribution in [3.63, 3.8) is 0 Å². The van der Waals surface area contributed by atoms with Gasteiger partial charge in [0.15, 0.2) is 0 Å². The summed E-state index contributed by atoms with van der Waals surface area (Å²) in [5.41, 5.74) is 0. The highest BCUT2D eigenvalue weighted by atomic mass is 32.2. The summed E-state index contributed by atoms with van der Waals surface area (Å²) in [5, 5.41) is 18.4. The molecule has 1 aliphatic carbocycles. The van der Waals surface area contributed by atoms with Crippen LogP contribution in [0.15, 0.2) is 0 Å². The van der Waals surface area contributed by atoms with Crippen LogP contribution in [0.4, 0.5) is 4.79 Å². The van der Waals surface area contributed by atoms with E-state index in [1.807, 2.05) is 0 Å². The number of carbonyl (C=O) groups is 2. The van der Waals surface area contributed by atoms with Crippen LogP contribution in [0.3, 0.4) is 0 Å². The summed E-state index contributed by atoms with van der Waals surface area (Å²) in [6.45, 7) is 0.206. The van der Waals surface area contributed by atoms with Crippen LogP contribution in [0, 0.1) is 0 Å². The first-order chi connectivity index (χ1) is 9.65. The first-order valence-electron chi connectivity index (χ1n) is 7.13. The van der Waals surface area contributed by atoms with Crippen LogP contribution in [-0.4, -0.2) is 68.9 Å². The zero-order valence-corrected chi connectivity index (χ0v) is 12.3. The molecule has 1 unspecified atom stereocenters. The lowest BCUT2D eigenvalue weighted by Gasteiger charge is -2.37. The van der Waals surface area contributed by atoms with Crippen molar-refractivity contribution in [2.45, 2.75) is 44.2 Å². The molecule has 0 bridgehead atoms. The van der Waals surface area contributed by atoms with E-state index in [1.54, 1.807) is 4.90 Å². The van der Waals surface area contributed by atoms with Crippen molar-refractivity contribution in [1.29, 1.82) is 0 Å². The third-order valence-corrected chi connectivity index (χ3v) is 5.03. The van der Waals surface area contributed by atoms with E-state index < -0.39 is 12.0 Å². The van der Waals surface area contributed by atoms with Gasteiger partial charge in [0.05, 0.1) is 12.5 Å². The van der Waals surface area contributed by atoms with E-state index in [2.05, 4.69) is 0 Å². The predicted octanol–water partition coefficient (Wildman–Crippen LogP) is 1.19. The summed E-state index contributed by atoms with van der Waals surface area (Å²) in [5.74, 6) is -0.0840. The van der Waals surface area contributed by atoms with Crippen LogP contribution in [0.5, 0.6) is 0 Å². The van der Waals surface area contributed by atoms with Crippen LogP contribution < -0.4 is 0 Å². The monoisotopic (exact) mass is 302 g/mol. The summed E-state index contributed by atoms with van der Waals surface area (Å²) in [4.78, 5) is 26.9. The van der Waals surface area contributed by atoms with E-state index in [0.29, 0.717) is 11.6 Å². The second kappa shape index (κ2) is 7.17. The topological polar surface area (TPSA) is 81.1 Å². The number of nitrogens with zero attached hydrogens (tertiary/aromatic N) is 2. The Bertz CT molecular complexity index is 360. The van der Waals surface area contributed by atoms with E-state index in [-0.39, 0.29) is 25.2 Å². The van der Waals surface area contributed by atoms with Gasteiger partial charge in [-0.25, -0.2) is 9.59 Å². The minimum Gasteiger partial charge on any atom is -0.480 e. The van der Waals surface area contributed by atoms with Gasteiger partial charge in [0.1, 0.15) is 6.04 Å². The van der Waals surface area contributed by atoms with Gasteiger partial charge >= 0.3 is 12.0 Å². The van der Waals surface area contributed by atoms with Gasteiger partial charge in [0.2, 0.25) is 0 Å². The standard InChI is InChI=1S/C13H22N2O4S/c16-7-6-14(10-4-2-1-3-5-10)13(19)15-9-20-8-11(15)12(17)18/h10-11,16H,1-9H2,(H,17,18). The van der Waals surface area contributed by atoms with Crippen molar-refractivity contribution in [3.05, 3.63) is 0 Å². The van der Waals surface area contributed by atoms with Crippen LogP contribution >= 0.6 is 11.8 Å². The third kappa shape index (κ3) is 3.38. The summed E-state index contributed by atoms with van der Waals surface area (Å²) in [7, 11) is 0. The van der Waals surface area contributed by atoms with E-state index in [4.69, 9.17) is 0 Å². The number of aliphatic hydroxyl groups is 1. The second-order valence-electron chi connectivity index (χ2n) is 5.32. The quantitative estimate of drug-likeness (QED) is 0.815. The van der Waals surface area contributed by atoms with Gasteiger partial charge in [-0.2, -0.15) is 0 Å². The molecule has 2 rings (SSSR count). The Morgan fingerprint density at radius 3 is 2.55 bits per heavy atom. The zero-order chi connectivity index (χ0) is 14.5. The van der Waals surface area contributed by atoms with Crippen molar-refractivity contribution in [2.75, 3.05) is 24.8 Å². The van der Waals surface area contributed by atoms with E-state index in [1.165, 1.54) is 23.1 Å². The molecule has 1 saturated heterocycles. The van der Waals surface area contributed by atoms with Crippen molar-refractivity contribution >= 4 is 23.8 Å². The van der Waals surface area contributed by atoms with Gasteiger partial charge in [0, 0.05) is 18.3 Å². The fourth-order valence-electron chi connectivity index (χ4n) is 2.94. The Kier molecular flexibility index (Phi) is 5.54. The summed E-state index contributed by atoms with van der Waals surface area (Å²) in [6.07, 6.45) is 5.28. The van der Waals surface area contributed by atoms with Gasteiger partial charge in [-0.1, -0.05) is 19.3 Å². The van der Waals surface area contributed by atoms with Gasteiger partial charge in [-0.05, 0) is 12.8 Å². The lowest BCUT2D eigenvalue weighted by atomic mass is 9.94. The van der Waals surface area contributed by atoms with Gasteiger partial charge in [-0.15, -0.1) is 11.8 Å². The number of aliphatic hydroxyl groups excluding tert-OH is 1. The molecular weight excluding hydrogens is 280 g/mol. The molecule has 0 aromatic heterocycles. The van der Waals surface area contributed by atoms with Crippen molar-refractivity contribution in [1.82, 2.24) is 9.80 Å². The number of carboxylic acids is 1. The number of amides is 2. The molecule has 2 fully saturated rings. The Morgan fingerprint density at radius 1 is 1.25 bits per heavy atom. The minimum atomic E-state index is -0.948. The minimum absolute atomic E-state index is 0.0824. The average Bonchev–Trinajstić information content (AvgIpc) is 2.94. The van der Waals surface area contributed by atoms with Crippen LogP contribution in [0.25, 0.3) is 0 Å². The normalized spacial score (nSPS) is 23.9. The summed E-state index contributed by atoms with van der Waals surface area (Å²) in [6, 6.07) is -0.830. The number of carboxylic acid groups (broad SMARTS) is 1. The Balaban J connectivity index is 2.07. The molecule has 2 aliphatic rings. The van der Waals surface area contributed by atoms with E-state index in [0.717, 1.165) is 25.7 Å². The molecule has 1 atom stereocenters. The smallest absolute Gasteiger partial charge is 0.327 e. The van der Waals surface area contributed by atoms with E-state index >= 15 is 0 Å². The molecule has 2 N–H and O–H groups in total. The predicted molar refractivity (Wildman–Crippen MR) is 76.6 cm³/mol. The molecule has 0 aromatic rings. The van der Waals surface area contributed by atoms with Crippen LogP contribution in [0.2, 0.25) is 0 Å². The first-order valence-corrected chi connectivity index (χ1v) is 8.29. The van der Waals surface area contributed by atoms with Crippen molar-refractivity contribution in [3.8, 4) is 0 Å². The maximum absolute atomic E-state index is 12.6. The maximum Gasteiger partial charge on any atom is 0.327 e. The molecule has 114 valence electrons.